The maximum Gasteiger partial charge on any atom is 0.143 e. The van der Waals surface area contributed by atoms with Crippen molar-refractivity contribution in [1.82, 2.24) is 4.98 Å². The van der Waals surface area contributed by atoms with Gasteiger partial charge in [-0.25, -0.2) is 0 Å². The minimum absolute atomic E-state index is 0.0435. The third kappa shape index (κ3) is 2.99. The van der Waals surface area contributed by atoms with Crippen LogP contribution in [0.25, 0.3) is 10.9 Å². The van der Waals surface area contributed by atoms with Crippen molar-refractivity contribution in [3.63, 3.8) is 0 Å². The van der Waals surface area contributed by atoms with Crippen LogP contribution in [0.3, 0.4) is 0 Å². The molecular weight excluding hydrogens is 396 g/mol. The highest BCUT2D eigenvalue weighted by Gasteiger charge is 2.42. The van der Waals surface area contributed by atoms with E-state index in [1.54, 1.807) is 18.3 Å². The Labute approximate surface area is 186 Å². The van der Waals surface area contributed by atoms with E-state index in [2.05, 4.69) is 40.6 Å². The molecule has 2 N–H and O–H groups in total. The highest BCUT2D eigenvalue weighted by molar-refractivity contribution is 5.98. The molecular formula is C28H22N2O2. The summed E-state index contributed by atoms with van der Waals surface area (Å²) < 4.78 is 0. The first-order valence-corrected chi connectivity index (χ1v) is 10.9. The Morgan fingerprint density at radius 3 is 2.56 bits per heavy atom. The number of aromatic nitrogens is 1. The van der Waals surface area contributed by atoms with Gasteiger partial charge in [-0.1, -0.05) is 54.6 Å². The summed E-state index contributed by atoms with van der Waals surface area (Å²) in [7, 11) is 0. The number of rotatable bonds is 2. The number of anilines is 1. The number of carbonyl (C=O) groups excluding carboxylic acids is 1. The highest BCUT2D eigenvalue weighted by Crippen LogP contribution is 2.50. The zero-order valence-corrected chi connectivity index (χ0v) is 17.4. The quantitative estimate of drug-likeness (QED) is 0.435. The van der Waals surface area contributed by atoms with Gasteiger partial charge in [0.2, 0.25) is 0 Å². The molecule has 0 radical (unpaired) electrons. The van der Waals surface area contributed by atoms with E-state index in [0.29, 0.717) is 6.42 Å². The number of hydrogen-bond acceptors (Lipinski definition) is 4. The SMILES string of the molecule is O=C1CC(c2ccccc2)C=C2Nc3c(ccc4ncccc34)C(c3cccc(O)c3)C12. The van der Waals surface area contributed by atoms with Crippen LogP contribution >= 0.6 is 0 Å². The normalized spacial score (nSPS) is 21.9. The fourth-order valence-electron chi connectivity index (χ4n) is 5.28. The lowest BCUT2D eigenvalue weighted by atomic mass is 9.68. The van der Waals surface area contributed by atoms with Crippen molar-refractivity contribution in [3.05, 3.63) is 114 Å². The van der Waals surface area contributed by atoms with E-state index in [4.69, 9.17) is 0 Å². The number of aromatic hydroxyl groups is 1. The monoisotopic (exact) mass is 418 g/mol. The summed E-state index contributed by atoms with van der Waals surface area (Å²) in [5.74, 6) is -0.00569. The Balaban J connectivity index is 1.58. The second-order valence-corrected chi connectivity index (χ2v) is 8.58. The summed E-state index contributed by atoms with van der Waals surface area (Å²) >= 11 is 0. The van der Waals surface area contributed by atoms with Gasteiger partial charge in [0.25, 0.3) is 0 Å². The van der Waals surface area contributed by atoms with Crippen molar-refractivity contribution in [2.75, 3.05) is 5.32 Å². The third-order valence-corrected chi connectivity index (χ3v) is 6.70. The van der Waals surface area contributed by atoms with Gasteiger partial charge in [0, 0.05) is 35.5 Å². The van der Waals surface area contributed by atoms with E-state index < -0.39 is 0 Å². The molecule has 0 saturated carbocycles. The maximum absolute atomic E-state index is 13.6. The molecule has 3 atom stereocenters. The number of hydrogen-bond donors (Lipinski definition) is 2. The molecule has 156 valence electrons. The molecule has 2 aliphatic rings. The van der Waals surface area contributed by atoms with Crippen LogP contribution in [0.15, 0.2) is 96.8 Å². The molecule has 3 unspecified atom stereocenters. The van der Waals surface area contributed by atoms with E-state index in [-0.39, 0.29) is 29.3 Å². The second-order valence-electron chi connectivity index (χ2n) is 8.58. The molecule has 4 aromatic rings. The van der Waals surface area contributed by atoms with Crippen LogP contribution < -0.4 is 5.32 Å². The lowest BCUT2D eigenvalue weighted by molar-refractivity contribution is -0.122. The first-order chi connectivity index (χ1) is 15.7. The van der Waals surface area contributed by atoms with Gasteiger partial charge >= 0.3 is 0 Å². The molecule has 0 saturated heterocycles. The Hall–Kier alpha value is -3.92. The number of ketones is 1. The van der Waals surface area contributed by atoms with E-state index in [9.17, 15) is 9.90 Å². The van der Waals surface area contributed by atoms with Gasteiger partial charge in [0.1, 0.15) is 11.5 Å². The smallest absolute Gasteiger partial charge is 0.143 e. The van der Waals surface area contributed by atoms with Gasteiger partial charge in [-0.15, -0.1) is 0 Å². The number of phenolic OH excluding ortho intramolecular Hbond substituents is 1. The number of allylic oxidation sites excluding steroid dienone is 2. The number of nitrogens with one attached hydrogen (secondary N) is 1. The second kappa shape index (κ2) is 7.34. The number of carbonyl (C=O) groups is 1. The largest absolute Gasteiger partial charge is 0.508 e. The van der Waals surface area contributed by atoms with Crippen LogP contribution in [0.2, 0.25) is 0 Å². The molecule has 0 amide bonds. The van der Waals surface area contributed by atoms with Crippen LogP contribution in [-0.2, 0) is 4.79 Å². The molecule has 4 nitrogen and oxygen atoms in total. The number of pyridine rings is 1. The predicted octanol–water partition coefficient (Wildman–Crippen LogP) is 5.75. The topological polar surface area (TPSA) is 62.2 Å². The minimum atomic E-state index is -0.307. The molecule has 6 rings (SSSR count). The van der Waals surface area contributed by atoms with Crippen LogP contribution in [0, 0.1) is 5.92 Å². The molecule has 0 fully saturated rings. The van der Waals surface area contributed by atoms with Crippen molar-refractivity contribution >= 4 is 22.4 Å². The third-order valence-electron chi connectivity index (χ3n) is 6.70. The summed E-state index contributed by atoms with van der Waals surface area (Å²) in [6.45, 7) is 0. The van der Waals surface area contributed by atoms with Crippen molar-refractivity contribution in [2.45, 2.75) is 18.3 Å². The standard InChI is InChI=1S/C28H22N2O2/c31-20-9-4-8-18(14-20)26-22-11-12-23-21(10-5-13-29-23)28(22)30-24-15-19(16-25(32)27(24)26)17-6-2-1-3-7-17/h1-15,19,26-27,30-31H,16H2. The number of nitrogens with zero attached hydrogens (tertiary/aromatic N) is 1. The molecule has 1 aliphatic carbocycles. The van der Waals surface area contributed by atoms with E-state index in [0.717, 1.165) is 39.0 Å². The lowest BCUT2D eigenvalue weighted by Crippen LogP contribution is -2.36. The molecule has 0 spiro atoms. The maximum atomic E-state index is 13.6. The summed E-state index contributed by atoms with van der Waals surface area (Å²) in [5, 5.41) is 14.8. The van der Waals surface area contributed by atoms with Gasteiger partial charge in [0.05, 0.1) is 17.1 Å². The van der Waals surface area contributed by atoms with Crippen LogP contribution in [0.5, 0.6) is 5.75 Å². The number of Topliss-reactive ketones (excluding diaryl/α,β-unsaturated/α-hetero) is 1. The minimum Gasteiger partial charge on any atom is -0.508 e. The zero-order chi connectivity index (χ0) is 21.7. The van der Waals surface area contributed by atoms with Crippen LogP contribution in [0.1, 0.15) is 34.9 Å². The summed E-state index contributed by atoms with van der Waals surface area (Å²) in [6, 6.07) is 25.6. The molecule has 3 aromatic carbocycles. The lowest BCUT2D eigenvalue weighted by Gasteiger charge is -2.40. The average Bonchev–Trinajstić information content (AvgIpc) is 2.83. The van der Waals surface area contributed by atoms with Gasteiger partial charge in [0.15, 0.2) is 0 Å². The van der Waals surface area contributed by atoms with Crippen LogP contribution in [0.4, 0.5) is 5.69 Å². The Bertz CT molecular complexity index is 1380. The molecule has 4 heteroatoms. The number of fused-ring (bicyclic) bond motifs is 4. The van der Waals surface area contributed by atoms with Crippen molar-refractivity contribution < 1.29 is 9.90 Å². The fraction of sp³-hybridized carbons (Fsp3) is 0.143. The van der Waals surface area contributed by atoms with Crippen molar-refractivity contribution in [1.29, 1.82) is 0 Å². The average molecular weight is 418 g/mol. The van der Waals surface area contributed by atoms with Gasteiger partial charge in [-0.3, -0.25) is 9.78 Å². The van der Waals surface area contributed by atoms with Gasteiger partial charge < -0.3 is 10.4 Å². The van der Waals surface area contributed by atoms with Crippen molar-refractivity contribution in [3.8, 4) is 5.75 Å². The van der Waals surface area contributed by atoms with Crippen LogP contribution in [-0.4, -0.2) is 15.9 Å². The summed E-state index contributed by atoms with van der Waals surface area (Å²) in [6.07, 6.45) is 4.48. The van der Waals surface area contributed by atoms with Crippen molar-refractivity contribution in [2.24, 2.45) is 5.92 Å². The number of benzene rings is 3. The van der Waals surface area contributed by atoms with E-state index in [1.807, 2.05) is 42.5 Å². The Morgan fingerprint density at radius 1 is 0.875 bits per heavy atom. The summed E-state index contributed by atoms with van der Waals surface area (Å²) in [5.41, 5.74) is 5.99. The molecule has 0 bridgehead atoms. The van der Waals surface area contributed by atoms with E-state index >= 15 is 0 Å². The Kier molecular flexibility index (Phi) is 4.32. The van der Waals surface area contributed by atoms with Gasteiger partial charge in [-0.2, -0.15) is 0 Å². The van der Waals surface area contributed by atoms with Gasteiger partial charge in [-0.05, 0) is 47.0 Å². The fourth-order valence-corrected chi connectivity index (χ4v) is 5.28. The molecule has 32 heavy (non-hydrogen) atoms. The first kappa shape index (κ1) is 18.8. The predicted molar refractivity (Wildman–Crippen MR) is 126 cm³/mol. The molecule has 2 heterocycles. The summed E-state index contributed by atoms with van der Waals surface area (Å²) in [4.78, 5) is 18.1. The molecule has 1 aromatic heterocycles. The zero-order valence-electron chi connectivity index (χ0n) is 17.4. The number of phenols is 1. The highest BCUT2D eigenvalue weighted by atomic mass is 16.3. The van der Waals surface area contributed by atoms with E-state index in [1.165, 1.54) is 0 Å². The first-order valence-electron chi connectivity index (χ1n) is 10.9. The Morgan fingerprint density at radius 2 is 1.72 bits per heavy atom. The molecule has 1 aliphatic heterocycles.